The summed E-state index contributed by atoms with van der Waals surface area (Å²) in [5, 5.41) is 8.76. The van der Waals surface area contributed by atoms with Gasteiger partial charge in [-0.1, -0.05) is 37.3 Å². The lowest BCUT2D eigenvalue weighted by molar-refractivity contribution is -0.138. The van der Waals surface area contributed by atoms with Crippen LogP contribution in [0.1, 0.15) is 25.3 Å². The van der Waals surface area contributed by atoms with Crippen LogP contribution >= 0.6 is 0 Å². The van der Waals surface area contributed by atoms with Gasteiger partial charge in [-0.25, -0.2) is 0 Å². The zero-order chi connectivity index (χ0) is 12.7. The van der Waals surface area contributed by atoms with Gasteiger partial charge in [-0.15, -0.1) is 0 Å². The van der Waals surface area contributed by atoms with Crippen LogP contribution in [0.4, 0.5) is 0 Å². The highest BCUT2D eigenvalue weighted by molar-refractivity contribution is 5.67. The molecule has 0 aliphatic heterocycles. The van der Waals surface area contributed by atoms with Crippen LogP contribution in [0, 0.1) is 11.8 Å². The van der Waals surface area contributed by atoms with Crippen molar-refractivity contribution in [2.24, 2.45) is 17.6 Å². The second kappa shape index (κ2) is 7.07. The van der Waals surface area contributed by atoms with E-state index in [4.69, 9.17) is 10.8 Å². The fourth-order valence-electron chi connectivity index (χ4n) is 2.18. The van der Waals surface area contributed by atoms with Crippen molar-refractivity contribution in [1.82, 2.24) is 0 Å². The van der Waals surface area contributed by atoms with Gasteiger partial charge in [0.05, 0.1) is 0 Å². The van der Waals surface area contributed by atoms with E-state index in [0.29, 0.717) is 12.5 Å². The first-order chi connectivity index (χ1) is 8.11. The fraction of sp³-hybridized carbons (Fsp3) is 0.500. The van der Waals surface area contributed by atoms with Crippen LogP contribution in [0.3, 0.4) is 0 Å². The summed E-state index contributed by atoms with van der Waals surface area (Å²) in [7, 11) is 0. The molecule has 94 valence electrons. The zero-order valence-electron chi connectivity index (χ0n) is 10.3. The van der Waals surface area contributed by atoms with Crippen molar-refractivity contribution < 1.29 is 9.90 Å². The largest absolute Gasteiger partial charge is 0.481 e. The molecule has 1 rings (SSSR count). The number of hydrogen-bond donors (Lipinski definition) is 2. The highest BCUT2D eigenvalue weighted by atomic mass is 16.4. The predicted octanol–water partition coefficient (Wildman–Crippen LogP) is 2.30. The van der Waals surface area contributed by atoms with E-state index in [-0.39, 0.29) is 12.3 Å². The van der Waals surface area contributed by atoms with E-state index in [9.17, 15) is 4.79 Å². The van der Waals surface area contributed by atoms with Gasteiger partial charge in [0.1, 0.15) is 0 Å². The van der Waals surface area contributed by atoms with Gasteiger partial charge in [0, 0.05) is 6.42 Å². The maximum absolute atomic E-state index is 10.7. The quantitative estimate of drug-likeness (QED) is 0.762. The Labute approximate surface area is 103 Å². The molecule has 3 N–H and O–H groups in total. The monoisotopic (exact) mass is 235 g/mol. The first kappa shape index (κ1) is 13.7. The molecule has 0 aliphatic carbocycles. The molecule has 0 bridgehead atoms. The molecule has 17 heavy (non-hydrogen) atoms. The summed E-state index contributed by atoms with van der Waals surface area (Å²) < 4.78 is 0. The number of nitrogens with two attached hydrogens (primary N) is 1. The van der Waals surface area contributed by atoms with Crippen LogP contribution in [-0.4, -0.2) is 17.6 Å². The molecule has 0 aliphatic rings. The Morgan fingerprint density at radius 1 is 1.35 bits per heavy atom. The number of benzene rings is 1. The minimum absolute atomic E-state index is 0.0891. The molecular weight excluding hydrogens is 214 g/mol. The van der Waals surface area contributed by atoms with E-state index in [2.05, 4.69) is 19.1 Å². The average Bonchev–Trinajstić information content (AvgIpc) is 2.28. The molecule has 3 nitrogen and oxygen atoms in total. The molecule has 0 saturated carbocycles. The molecule has 0 spiro atoms. The van der Waals surface area contributed by atoms with Crippen molar-refractivity contribution in [3.05, 3.63) is 35.9 Å². The topological polar surface area (TPSA) is 63.3 Å². The first-order valence-electron chi connectivity index (χ1n) is 6.07. The molecule has 0 heterocycles. The highest BCUT2D eigenvalue weighted by Gasteiger charge is 2.15. The summed E-state index contributed by atoms with van der Waals surface area (Å²) in [5.41, 5.74) is 6.90. The standard InChI is InChI=1S/C14H21NO2/c1-11(7-12-5-3-2-4-6-12)8-13(10-15)9-14(16)17/h2-6,11,13H,7-10,15H2,1H3,(H,16,17). The van der Waals surface area contributed by atoms with Gasteiger partial charge in [-0.3, -0.25) is 4.79 Å². The lowest BCUT2D eigenvalue weighted by Crippen LogP contribution is -2.21. The Bertz CT molecular complexity index is 337. The van der Waals surface area contributed by atoms with Gasteiger partial charge < -0.3 is 10.8 Å². The molecular formula is C14H21NO2. The van der Waals surface area contributed by atoms with E-state index in [0.717, 1.165) is 12.8 Å². The lowest BCUT2D eigenvalue weighted by atomic mass is 9.89. The molecule has 0 fully saturated rings. The Morgan fingerprint density at radius 3 is 2.53 bits per heavy atom. The third kappa shape index (κ3) is 5.50. The van der Waals surface area contributed by atoms with Crippen LogP contribution < -0.4 is 5.73 Å². The van der Waals surface area contributed by atoms with E-state index in [1.54, 1.807) is 0 Å². The Morgan fingerprint density at radius 2 is 2.00 bits per heavy atom. The van der Waals surface area contributed by atoms with E-state index >= 15 is 0 Å². The van der Waals surface area contributed by atoms with Crippen molar-refractivity contribution in [2.75, 3.05) is 6.54 Å². The smallest absolute Gasteiger partial charge is 0.303 e. The van der Waals surface area contributed by atoms with Gasteiger partial charge >= 0.3 is 5.97 Å². The van der Waals surface area contributed by atoms with Gasteiger partial charge in [0.2, 0.25) is 0 Å². The van der Waals surface area contributed by atoms with Crippen LogP contribution in [0.15, 0.2) is 30.3 Å². The first-order valence-corrected chi connectivity index (χ1v) is 6.07. The summed E-state index contributed by atoms with van der Waals surface area (Å²) in [6.45, 7) is 2.60. The van der Waals surface area contributed by atoms with Crippen LogP contribution in [0.2, 0.25) is 0 Å². The Hall–Kier alpha value is -1.35. The van der Waals surface area contributed by atoms with Gasteiger partial charge in [-0.2, -0.15) is 0 Å². The molecule has 0 saturated heterocycles. The number of carboxylic acids is 1. The summed E-state index contributed by atoms with van der Waals surface area (Å²) in [4.78, 5) is 10.7. The summed E-state index contributed by atoms with van der Waals surface area (Å²) in [5.74, 6) is -0.205. The van der Waals surface area contributed by atoms with Crippen molar-refractivity contribution in [3.8, 4) is 0 Å². The fourth-order valence-corrected chi connectivity index (χ4v) is 2.18. The molecule has 0 radical (unpaired) electrons. The highest BCUT2D eigenvalue weighted by Crippen LogP contribution is 2.18. The van der Waals surface area contributed by atoms with Crippen molar-refractivity contribution in [3.63, 3.8) is 0 Å². The third-order valence-electron chi connectivity index (χ3n) is 2.96. The van der Waals surface area contributed by atoms with Crippen LogP contribution in [0.25, 0.3) is 0 Å². The molecule has 3 heteroatoms. The molecule has 0 amide bonds. The predicted molar refractivity (Wildman–Crippen MR) is 68.7 cm³/mol. The molecule has 0 aromatic heterocycles. The summed E-state index contributed by atoms with van der Waals surface area (Å²) >= 11 is 0. The van der Waals surface area contributed by atoms with Crippen molar-refractivity contribution in [2.45, 2.75) is 26.2 Å². The average molecular weight is 235 g/mol. The van der Waals surface area contributed by atoms with E-state index in [1.165, 1.54) is 5.56 Å². The molecule has 1 aromatic carbocycles. The Kier molecular flexibility index (Phi) is 5.70. The summed E-state index contributed by atoms with van der Waals surface area (Å²) in [6.07, 6.45) is 2.03. The minimum Gasteiger partial charge on any atom is -0.481 e. The molecule has 1 aromatic rings. The van der Waals surface area contributed by atoms with Crippen LogP contribution in [0.5, 0.6) is 0 Å². The normalized spacial score (nSPS) is 14.2. The van der Waals surface area contributed by atoms with E-state index < -0.39 is 5.97 Å². The van der Waals surface area contributed by atoms with Gasteiger partial charge in [-0.05, 0) is 36.8 Å². The maximum Gasteiger partial charge on any atom is 0.303 e. The number of aliphatic carboxylic acids is 1. The van der Waals surface area contributed by atoms with Crippen LogP contribution in [-0.2, 0) is 11.2 Å². The number of rotatable bonds is 7. The van der Waals surface area contributed by atoms with Gasteiger partial charge in [0.15, 0.2) is 0 Å². The second-order valence-electron chi connectivity index (χ2n) is 4.73. The van der Waals surface area contributed by atoms with Gasteiger partial charge in [0.25, 0.3) is 0 Å². The number of carbonyl (C=O) groups is 1. The maximum atomic E-state index is 10.7. The number of carboxylic acid groups (broad SMARTS) is 1. The third-order valence-corrected chi connectivity index (χ3v) is 2.96. The van der Waals surface area contributed by atoms with E-state index in [1.807, 2.05) is 18.2 Å². The Balaban J connectivity index is 2.42. The number of hydrogen-bond acceptors (Lipinski definition) is 2. The SMILES string of the molecule is CC(Cc1ccccc1)CC(CN)CC(=O)O. The molecule has 2 atom stereocenters. The van der Waals surface area contributed by atoms with Crippen molar-refractivity contribution in [1.29, 1.82) is 0 Å². The molecule has 2 unspecified atom stereocenters. The summed E-state index contributed by atoms with van der Waals surface area (Å²) in [6, 6.07) is 10.3. The minimum atomic E-state index is -0.757. The van der Waals surface area contributed by atoms with Crippen molar-refractivity contribution >= 4 is 5.97 Å². The lowest BCUT2D eigenvalue weighted by Gasteiger charge is -2.18. The zero-order valence-corrected chi connectivity index (χ0v) is 10.3. The second-order valence-corrected chi connectivity index (χ2v) is 4.73.